The minimum atomic E-state index is 0.0515. The van der Waals surface area contributed by atoms with Crippen LogP contribution in [0, 0.1) is 5.92 Å². The maximum atomic E-state index is 11.4. The van der Waals surface area contributed by atoms with Crippen LogP contribution in [-0.4, -0.2) is 25.2 Å². The van der Waals surface area contributed by atoms with Gasteiger partial charge in [0.15, 0.2) is 0 Å². The lowest BCUT2D eigenvalue weighted by molar-refractivity contribution is -0.124. The van der Waals surface area contributed by atoms with E-state index in [9.17, 15) is 4.79 Å². The van der Waals surface area contributed by atoms with Crippen LogP contribution < -0.4 is 10.7 Å². The summed E-state index contributed by atoms with van der Waals surface area (Å²) in [6.45, 7) is 11.9. The van der Waals surface area contributed by atoms with Crippen molar-refractivity contribution in [3.8, 4) is 0 Å². The van der Waals surface area contributed by atoms with Crippen molar-refractivity contribution in [3.05, 3.63) is 12.7 Å². The Morgan fingerprint density at radius 1 is 1.50 bits per heavy atom. The lowest BCUT2D eigenvalue weighted by Crippen LogP contribution is -2.33. The van der Waals surface area contributed by atoms with Gasteiger partial charge in [0.1, 0.15) is 0 Å². The molecule has 4 heteroatoms. The third-order valence-corrected chi connectivity index (χ3v) is 1.99. The fraction of sp³-hybridized carbons (Fsp3) is 0.667. The van der Waals surface area contributed by atoms with Crippen molar-refractivity contribution in [2.45, 2.75) is 34.1 Å². The van der Waals surface area contributed by atoms with Gasteiger partial charge >= 0.3 is 0 Å². The number of nitrogens with zero attached hydrogens (tertiary/aromatic N) is 1. The molecule has 0 saturated heterocycles. The van der Waals surface area contributed by atoms with Gasteiger partial charge in [-0.25, -0.2) is 0 Å². The van der Waals surface area contributed by atoms with E-state index in [1.54, 1.807) is 13.1 Å². The molecule has 0 heterocycles. The van der Waals surface area contributed by atoms with E-state index < -0.39 is 0 Å². The van der Waals surface area contributed by atoms with Crippen LogP contribution in [0.3, 0.4) is 0 Å². The molecule has 0 fully saturated rings. The first-order valence-corrected chi connectivity index (χ1v) is 5.79. The van der Waals surface area contributed by atoms with Gasteiger partial charge < -0.3 is 10.7 Å². The first kappa shape index (κ1) is 17.1. The Bertz CT molecular complexity index is 224. The van der Waals surface area contributed by atoms with Crippen molar-refractivity contribution in [2.24, 2.45) is 11.0 Å². The normalized spacial score (nSPS) is 11.9. The summed E-state index contributed by atoms with van der Waals surface area (Å²) in [6, 6.07) is 0. The molecule has 1 atom stereocenters. The largest absolute Gasteiger partial charge is 0.350 e. The zero-order chi connectivity index (χ0) is 13.0. The van der Waals surface area contributed by atoms with Crippen LogP contribution in [0.5, 0.6) is 0 Å². The second-order valence-electron chi connectivity index (χ2n) is 3.06. The molecule has 4 nitrogen and oxygen atoms in total. The van der Waals surface area contributed by atoms with Crippen molar-refractivity contribution in [2.75, 3.05) is 13.6 Å². The van der Waals surface area contributed by atoms with Crippen LogP contribution in [-0.2, 0) is 4.79 Å². The third-order valence-electron chi connectivity index (χ3n) is 1.99. The number of hydrogen-bond donors (Lipinski definition) is 2. The van der Waals surface area contributed by atoms with Gasteiger partial charge in [-0.2, -0.15) is 5.10 Å². The molecule has 0 aromatic heterocycles. The molecular formula is C12H25N3O. The van der Waals surface area contributed by atoms with E-state index in [1.807, 2.05) is 27.7 Å². The summed E-state index contributed by atoms with van der Waals surface area (Å²) in [4.78, 5) is 11.4. The van der Waals surface area contributed by atoms with Gasteiger partial charge in [0.25, 0.3) is 0 Å². The highest BCUT2D eigenvalue weighted by atomic mass is 16.1. The van der Waals surface area contributed by atoms with E-state index in [0.717, 1.165) is 12.1 Å². The van der Waals surface area contributed by atoms with Crippen LogP contribution in [0.15, 0.2) is 17.8 Å². The smallest absolute Gasteiger partial charge is 0.223 e. The highest BCUT2D eigenvalue weighted by Gasteiger charge is 2.09. The van der Waals surface area contributed by atoms with E-state index >= 15 is 0 Å². The third kappa shape index (κ3) is 8.03. The first-order valence-electron chi connectivity index (χ1n) is 5.79. The van der Waals surface area contributed by atoms with Crippen molar-refractivity contribution in [3.63, 3.8) is 0 Å². The number of nitrogens with one attached hydrogen (secondary N) is 2. The molecule has 0 aliphatic heterocycles. The monoisotopic (exact) mass is 227 g/mol. The van der Waals surface area contributed by atoms with Gasteiger partial charge in [0.2, 0.25) is 5.91 Å². The highest BCUT2D eigenvalue weighted by molar-refractivity contribution is 5.98. The zero-order valence-corrected chi connectivity index (χ0v) is 11.1. The Kier molecular flexibility index (Phi) is 12.6. The lowest BCUT2D eigenvalue weighted by atomic mass is 10.1. The van der Waals surface area contributed by atoms with E-state index in [-0.39, 0.29) is 11.8 Å². The molecule has 94 valence electrons. The molecule has 0 radical (unpaired) electrons. The van der Waals surface area contributed by atoms with Crippen molar-refractivity contribution < 1.29 is 4.79 Å². The van der Waals surface area contributed by atoms with Gasteiger partial charge in [-0.05, 0) is 12.5 Å². The van der Waals surface area contributed by atoms with Gasteiger partial charge in [0, 0.05) is 13.0 Å². The van der Waals surface area contributed by atoms with Crippen molar-refractivity contribution in [1.29, 1.82) is 0 Å². The van der Waals surface area contributed by atoms with E-state index in [0.29, 0.717) is 6.54 Å². The van der Waals surface area contributed by atoms with Gasteiger partial charge in [-0.1, -0.05) is 34.3 Å². The van der Waals surface area contributed by atoms with E-state index in [4.69, 9.17) is 0 Å². The van der Waals surface area contributed by atoms with Crippen LogP contribution in [0.25, 0.3) is 0 Å². The summed E-state index contributed by atoms with van der Waals surface area (Å²) in [7, 11) is 1.71. The molecule has 0 bridgehead atoms. The molecule has 0 spiro atoms. The summed E-state index contributed by atoms with van der Waals surface area (Å²) in [5.74, 6) is 0.105. The topological polar surface area (TPSA) is 53.5 Å². The van der Waals surface area contributed by atoms with Crippen molar-refractivity contribution >= 4 is 11.6 Å². The van der Waals surface area contributed by atoms with E-state index in [1.165, 1.54) is 0 Å². The number of carbonyl (C=O) groups excluding carboxylic acids is 1. The van der Waals surface area contributed by atoms with Gasteiger partial charge in [-0.3, -0.25) is 4.79 Å². The minimum Gasteiger partial charge on any atom is -0.350 e. The molecule has 0 rings (SSSR count). The molecular weight excluding hydrogens is 202 g/mol. The first-order chi connectivity index (χ1) is 7.65. The molecule has 2 N–H and O–H groups in total. The molecule has 0 aromatic rings. The second-order valence-corrected chi connectivity index (χ2v) is 3.06. The summed E-state index contributed by atoms with van der Waals surface area (Å²) in [5, 5.41) is 6.72. The van der Waals surface area contributed by atoms with Gasteiger partial charge in [-0.15, -0.1) is 0 Å². The van der Waals surface area contributed by atoms with Crippen molar-refractivity contribution in [1.82, 2.24) is 10.7 Å². The van der Waals surface area contributed by atoms with Crippen LogP contribution >= 0.6 is 0 Å². The SMILES string of the molecule is C=C/C(CNC(=O)C(C)CC)=N\NC.CC. The Morgan fingerprint density at radius 3 is 2.44 bits per heavy atom. The summed E-state index contributed by atoms with van der Waals surface area (Å²) < 4.78 is 0. The summed E-state index contributed by atoms with van der Waals surface area (Å²) in [5.41, 5.74) is 3.38. The summed E-state index contributed by atoms with van der Waals surface area (Å²) >= 11 is 0. The zero-order valence-electron chi connectivity index (χ0n) is 11.1. The standard InChI is InChI=1S/C10H19N3O.C2H6/c1-5-8(3)10(14)12-7-9(6-2)13-11-4;1-2/h6,8,11H,2,5,7H2,1,3-4H3,(H,12,14);1-2H3/b13-9+;. The van der Waals surface area contributed by atoms with Crippen LogP contribution in [0.2, 0.25) is 0 Å². The van der Waals surface area contributed by atoms with Crippen LogP contribution in [0.4, 0.5) is 0 Å². The second kappa shape index (κ2) is 11.8. The molecule has 0 saturated carbocycles. The number of rotatable bonds is 6. The average Bonchev–Trinajstić information content (AvgIpc) is 2.35. The molecule has 0 aliphatic rings. The lowest BCUT2D eigenvalue weighted by Gasteiger charge is -2.09. The Balaban J connectivity index is 0. The molecule has 16 heavy (non-hydrogen) atoms. The molecule has 0 aliphatic carbocycles. The summed E-state index contributed by atoms with van der Waals surface area (Å²) in [6.07, 6.45) is 2.46. The van der Waals surface area contributed by atoms with Gasteiger partial charge in [0.05, 0.1) is 12.3 Å². The van der Waals surface area contributed by atoms with Crippen LogP contribution in [0.1, 0.15) is 34.1 Å². The Labute approximate surface area is 99.2 Å². The molecule has 1 unspecified atom stereocenters. The highest BCUT2D eigenvalue weighted by Crippen LogP contribution is 1.98. The predicted molar refractivity (Wildman–Crippen MR) is 70.5 cm³/mol. The number of hydrazone groups is 1. The number of hydrogen-bond acceptors (Lipinski definition) is 3. The predicted octanol–water partition coefficient (Wildman–Crippen LogP) is 1.94. The Hall–Kier alpha value is -1.32. The fourth-order valence-electron chi connectivity index (χ4n) is 0.838. The quantitative estimate of drug-likeness (QED) is 0.538. The fourth-order valence-corrected chi connectivity index (χ4v) is 0.838. The average molecular weight is 227 g/mol. The molecule has 0 aromatic carbocycles. The number of amides is 1. The van der Waals surface area contributed by atoms with E-state index in [2.05, 4.69) is 22.4 Å². The number of carbonyl (C=O) groups is 1. The Morgan fingerprint density at radius 2 is 2.06 bits per heavy atom. The molecule has 1 amide bonds. The maximum absolute atomic E-state index is 11.4. The maximum Gasteiger partial charge on any atom is 0.223 e. The minimum absolute atomic E-state index is 0.0515.